The van der Waals surface area contributed by atoms with Crippen molar-refractivity contribution in [2.24, 2.45) is 5.73 Å². The number of anilines is 1. The summed E-state index contributed by atoms with van der Waals surface area (Å²) in [4.78, 5) is 32.9. The zero-order valence-electron chi connectivity index (χ0n) is 14.5. The fourth-order valence-electron chi connectivity index (χ4n) is 3.09. The minimum atomic E-state index is -0.172. The molecule has 0 bridgehead atoms. The van der Waals surface area contributed by atoms with Crippen LogP contribution in [0.25, 0.3) is 11.1 Å². The first kappa shape index (κ1) is 17.9. The molecule has 4 N–H and O–H groups in total. The fraction of sp³-hybridized carbons (Fsp3) is 0.316. The predicted molar refractivity (Wildman–Crippen MR) is 102 cm³/mol. The van der Waals surface area contributed by atoms with Crippen LogP contribution < -0.4 is 16.6 Å². The van der Waals surface area contributed by atoms with Gasteiger partial charge in [-0.1, -0.05) is 6.08 Å². The van der Waals surface area contributed by atoms with Crippen molar-refractivity contribution in [2.45, 2.75) is 18.9 Å². The van der Waals surface area contributed by atoms with Gasteiger partial charge in [0, 0.05) is 55.9 Å². The summed E-state index contributed by atoms with van der Waals surface area (Å²) in [5, 5.41) is 3.30. The largest absolute Gasteiger partial charge is 0.376 e. The number of piperidine rings is 1. The van der Waals surface area contributed by atoms with Gasteiger partial charge in [0.1, 0.15) is 5.69 Å². The highest BCUT2D eigenvalue weighted by molar-refractivity contribution is 5.87. The van der Waals surface area contributed by atoms with Gasteiger partial charge in [0.15, 0.2) is 0 Å². The normalized spacial score (nSPS) is 17.4. The van der Waals surface area contributed by atoms with Crippen molar-refractivity contribution in [1.82, 2.24) is 14.9 Å². The SMILES string of the molecule is NC/C=C/C(=O)N1CCC[C@H](Nc2cc(-c3ccncc3)c[nH]c2=O)C1. The minimum absolute atomic E-state index is 0.0350. The van der Waals surface area contributed by atoms with Crippen LogP contribution in [0.1, 0.15) is 12.8 Å². The van der Waals surface area contributed by atoms with Crippen LogP contribution in [0.4, 0.5) is 5.69 Å². The van der Waals surface area contributed by atoms with Crippen molar-refractivity contribution in [3.63, 3.8) is 0 Å². The number of nitrogens with zero attached hydrogens (tertiary/aromatic N) is 2. The van der Waals surface area contributed by atoms with E-state index < -0.39 is 0 Å². The number of rotatable bonds is 5. The average Bonchev–Trinajstić information content (AvgIpc) is 2.68. The number of hydrogen-bond acceptors (Lipinski definition) is 5. The molecule has 0 aromatic carbocycles. The maximum absolute atomic E-state index is 12.2. The fourth-order valence-corrected chi connectivity index (χ4v) is 3.09. The highest BCUT2D eigenvalue weighted by Gasteiger charge is 2.23. The van der Waals surface area contributed by atoms with E-state index in [0.717, 1.165) is 30.5 Å². The van der Waals surface area contributed by atoms with Crippen LogP contribution in [0.5, 0.6) is 0 Å². The summed E-state index contributed by atoms with van der Waals surface area (Å²) in [6.45, 7) is 1.63. The van der Waals surface area contributed by atoms with E-state index in [2.05, 4.69) is 15.3 Å². The second-order valence-corrected chi connectivity index (χ2v) is 6.27. The number of carbonyl (C=O) groups excluding carboxylic acids is 1. The Morgan fingerprint density at radius 1 is 1.38 bits per heavy atom. The molecule has 2 aromatic heterocycles. The first-order valence-electron chi connectivity index (χ1n) is 8.72. The second-order valence-electron chi connectivity index (χ2n) is 6.27. The number of carbonyl (C=O) groups is 1. The lowest BCUT2D eigenvalue weighted by atomic mass is 10.0. The van der Waals surface area contributed by atoms with Gasteiger partial charge in [-0.15, -0.1) is 0 Å². The molecule has 0 radical (unpaired) electrons. The third-order valence-corrected chi connectivity index (χ3v) is 4.41. The maximum Gasteiger partial charge on any atom is 0.271 e. The van der Waals surface area contributed by atoms with Gasteiger partial charge in [0.2, 0.25) is 5.91 Å². The molecule has 2 aromatic rings. The Hall–Kier alpha value is -2.93. The van der Waals surface area contributed by atoms with Crippen LogP contribution in [-0.2, 0) is 4.79 Å². The smallest absolute Gasteiger partial charge is 0.271 e. The summed E-state index contributed by atoms with van der Waals surface area (Å²) < 4.78 is 0. The van der Waals surface area contributed by atoms with E-state index >= 15 is 0 Å². The van der Waals surface area contributed by atoms with Crippen molar-refractivity contribution in [1.29, 1.82) is 0 Å². The molecule has 136 valence electrons. The van der Waals surface area contributed by atoms with Gasteiger partial charge >= 0.3 is 0 Å². The highest BCUT2D eigenvalue weighted by Crippen LogP contribution is 2.20. The van der Waals surface area contributed by atoms with Gasteiger partial charge < -0.3 is 20.9 Å². The number of pyridine rings is 2. The molecule has 1 fully saturated rings. The third kappa shape index (κ3) is 4.37. The molecule has 7 nitrogen and oxygen atoms in total. The van der Waals surface area contributed by atoms with Crippen molar-refractivity contribution in [3.05, 3.63) is 59.3 Å². The zero-order valence-corrected chi connectivity index (χ0v) is 14.5. The number of H-pyrrole nitrogens is 1. The van der Waals surface area contributed by atoms with Gasteiger partial charge in [0.25, 0.3) is 5.56 Å². The highest BCUT2D eigenvalue weighted by atomic mass is 16.2. The lowest BCUT2D eigenvalue weighted by molar-refractivity contribution is -0.127. The molecule has 1 atom stereocenters. The van der Waals surface area contributed by atoms with Crippen molar-refractivity contribution in [3.8, 4) is 11.1 Å². The van der Waals surface area contributed by atoms with E-state index in [-0.39, 0.29) is 17.5 Å². The summed E-state index contributed by atoms with van der Waals surface area (Å²) in [5.74, 6) is -0.0404. The molecule has 3 heterocycles. The molecule has 1 amide bonds. The number of amides is 1. The molecular weight excluding hydrogens is 330 g/mol. The lowest BCUT2D eigenvalue weighted by Gasteiger charge is -2.33. The zero-order chi connectivity index (χ0) is 18.4. The molecule has 0 unspecified atom stereocenters. The van der Waals surface area contributed by atoms with Crippen molar-refractivity contribution < 1.29 is 4.79 Å². The van der Waals surface area contributed by atoms with Gasteiger partial charge in [-0.3, -0.25) is 14.6 Å². The Morgan fingerprint density at radius 2 is 2.19 bits per heavy atom. The Balaban J connectivity index is 1.73. The lowest BCUT2D eigenvalue weighted by Crippen LogP contribution is -2.45. The number of nitrogens with one attached hydrogen (secondary N) is 2. The quantitative estimate of drug-likeness (QED) is 0.704. The second kappa shape index (κ2) is 8.44. The Morgan fingerprint density at radius 3 is 2.96 bits per heavy atom. The first-order valence-corrected chi connectivity index (χ1v) is 8.72. The number of hydrogen-bond donors (Lipinski definition) is 3. The topological polar surface area (TPSA) is 104 Å². The summed E-state index contributed by atoms with van der Waals surface area (Å²) in [7, 11) is 0. The molecule has 3 rings (SSSR count). The number of nitrogens with two attached hydrogens (primary N) is 1. The molecular formula is C19H23N5O2. The molecule has 0 spiro atoms. The van der Waals surface area contributed by atoms with Crippen LogP contribution in [-0.4, -0.2) is 46.5 Å². The van der Waals surface area contributed by atoms with Crippen LogP contribution in [0.15, 0.2) is 53.7 Å². The molecule has 1 aliphatic heterocycles. The standard InChI is InChI=1S/C19H23N5O2/c20-7-1-4-18(25)24-10-2-3-16(13-24)23-17-11-15(12-22-19(17)26)14-5-8-21-9-6-14/h1,4-6,8-9,11-12,16,23H,2-3,7,10,13,20H2,(H,22,26)/b4-1+/t16-/m0/s1. The molecule has 1 saturated heterocycles. The Labute approximate surface area is 151 Å². The van der Waals surface area contributed by atoms with Gasteiger partial charge in [0.05, 0.1) is 0 Å². The number of likely N-dealkylation sites (tertiary alicyclic amines) is 1. The predicted octanol–water partition coefficient (Wildman–Crippen LogP) is 1.35. The third-order valence-electron chi connectivity index (χ3n) is 4.41. The average molecular weight is 353 g/mol. The molecule has 26 heavy (non-hydrogen) atoms. The molecule has 0 aliphatic carbocycles. The maximum atomic E-state index is 12.2. The summed E-state index contributed by atoms with van der Waals surface area (Å²) in [6, 6.07) is 5.65. The van der Waals surface area contributed by atoms with Gasteiger partial charge in [-0.2, -0.15) is 0 Å². The van der Waals surface area contributed by atoms with Crippen LogP contribution in [0.3, 0.4) is 0 Å². The van der Waals surface area contributed by atoms with Crippen molar-refractivity contribution >= 4 is 11.6 Å². The summed E-state index contributed by atoms with van der Waals surface area (Å²) in [6.07, 6.45) is 10.1. The van der Waals surface area contributed by atoms with Gasteiger partial charge in [-0.05, 0) is 36.6 Å². The summed E-state index contributed by atoms with van der Waals surface area (Å²) in [5.41, 5.74) is 7.63. The van der Waals surface area contributed by atoms with E-state index in [1.807, 2.05) is 18.2 Å². The van der Waals surface area contributed by atoms with E-state index in [4.69, 9.17) is 5.73 Å². The van der Waals surface area contributed by atoms with E-state index in [1.54, 1.807) is 29.6 Å². The Bertz CT molecular complexity index is 831. The monoisotopic (exact) mass is 353 g/mol. The Kier molecular flexibility index (Phi) is 5.80. The van der Waals surface area contributed by atoms with E-state index in [1.165, 1.54) is 6.08 Å². The molecule has 7 heteroatoms. The van der Waals surface area contributed by atoms with Crippen LogP contribution >= 0.6 is 0 Å². The van der Waals surface area contributed by atoms with Crippen molar-refractivity contribution in [2.75, 3.05) is 25.0 Å². The van der Waals surface area contributed by atoms with Gasteiger partial charge in [-0.25, -0.2) is 0 Å². The van der Waals surface area contributed by atoms with E-state index in [9.17, 15) is 9.59 Å². The van der Waals surface area contributed by atoms with Crippen LogP contribution in [0, 0.1) is 0 Å². The first-order chi connectivity index (χ1) is 12.7. The summed E-state index contributed by atoms with van der Waals surface area (Å²) >= 11 is 0. The van der Waals surface area contributed by atoms with E-state index in [0.29, 0.717) is 18.8 Å². The molecule has 1 aliphatic rings. The molecule has 0 saturated carbocycles. The minimum Gasteiger partial charge on any atom is -0.376 e. The number of aromatic nitrogens is 2. The number of aromatic amines is 1. The van der Waals surface area contributed by atoms with Crippen LogP contribution in [0.2, 0.25) is 0 Å².